The minimum Gasteiger partial charge on any atom is -0.454 e. The van der Waals surface area contributed by atoms with E-state index in [1.807, 2.05) is 11.5 Å². The molecule has 0 bridgehead atoms. The number of hydrogen-bond acceptors (Lipinski definition) is 7. The van der Waals surface area contributed by atoms with Crippen molar-refractivity contribution in [1.29, 1.82) is 0 Å². The molecule has 1 aliphatic heterocycles. The van der Waals surface area contributed by atoms with Crippen LogP contribution in [0.5, 0.6) is 11.5 Å². The van der Waals surface area contributed by atoms with Gasteiger partial charge in [0.15, 0.2) is 16.3 Å². The fourth-order valence-corrected chi connectivity index (χ4v) is 4.93. The van der Waals surface area contributed by atoms with Crippen LogP contribution < -0.4 is 19.4 Å². The van der Waals surface area contributed by atoms with Gasteiger partial charge >= 0.3 is 0 Å². The largest absolute Gasteiger partial charge is 0.454 e. The fraction of sp³-hybridized carbons (Fsp3) is 0.300. The SMILES string of the molecule is CCOCCn1c(=NC(=O)Cc2ccc3c(c2)OCO3)sc2cc(S(N)(=O)=O)ccc21. The Morgan fingerprint density at radius 2 is 2.03 bits per heavy atom. The van der Waals surface area contributed by atoms with E-state index in [9.17, 15) is 13.2 Å². The lowest BCUT2D eigenvalue weighted by atomic mass is 10.1. The molecule has 0 atom stereocenters. The maximum atomic E-state index is 12.7. The normalized spacial score (nSPS) is 13.8. The smallest absolute Gasteiger partial charge is 0.252 e. The van der Waals surface area contributed by atoms with Crippen LogP contribution in [0.3, 0.4) is 0 Å². The molecule has 2 heterocycles. The third-order valence-electron chi connectivity index (χ3n) is 4.66. The molecule has 0 fully saturated rings. The average molecular weight is 464 g/mol. The highest BCUT2D eigenvalue weighted by molar-refractivity contribution is 7.89. The van der Waals surface area contributed by atoms with Crippen LogP contribution in [-0.4, -0.2) is 38.9 Å². The predicted octanol–water partition coefficient (Wildman–Crippen LogP) is 1.79. The number of ether oxygens (including phenoxy) is 3. The van der Waals surface area contributed by atoms with Gasteiger partial charge in [-0.3, -0.25) is 4.79 Å². The van der Waals surface area contributed by atoms with E-state index in [2.05, 4.69) is 4.99 Å². The Balaban J connectivity index is 1.68. The van der Waals surface area contributed by atoms with Crippen molar-refractivity contribution in [3.05, 3.63) is 46.8 Å². The van der Waals surface area contributed by atoms with Gasteiger partial charge in [0, 0.05) is 13.2 Å². The van der Waals surface area contributed by atoms with Gasteiger partial charge in [-0.25, -0.2) is 13.6 Å². The Hall–Kier alpha value is -2.73. The first-order chi connectivity index (χ1) is 14.8. The molecule has 9 nitrogen and oxygen atoms in total. The quantitative estimate of drug-likeness (QED) is 0.533. The fourth-order valence-electron chi connectivity index (χ4n) is 3.20. The van der Waals surface area contributed by atoms with Gasteiger partial charge in [0.25, 0.3) is 5.91 Å². The van der Waals surface area contributed by atoms with E-state index in [-0.39, 0.29) is 24.0 Å². The van der Waals surface area contributed by atoms with Crippen LogP contribution in [-0.2, 0) is 32.5 Å². The molecule has 2 aromatic carbocycles. The Morgan fingerprint density at radius 1 is 1.23 bits per heavy atom. The second-order valence-corrected chi connectivity index (χ2v) is 9.35. The number of aromatic nitrogens is 1. The molecule has 164 valence electrons. The Kier molecular flexibility index (Phi) is 6.10. The zero-order chi connectivity index (χ0) is 22.0. The lowest BCUT2D eigenvalue weighted by Crippen LogP contribution is -2.20. The Morgan fingerprint density at radius 3 is 2.81 bits per heavy atom. The van der Waals surface area contributed by atoms with Crippen LogP contribution in [0.1, 0.15) is 12.5 Å². The van der Waals surface area contributed by atoms with Crippen LogP contribution in [0.25, 0.3) is 10.2 Å². The molecule has 0 spiro atoms. The molecule has 1 amide bonds. The number of benzene rings is 2. The number of thiazole rings is 1. The zero-order valence-electron chi connectivity index (χ0n) is 16.7. The van der Waals surface area contributed by atoms with Gasteiger partial charge in [0.2, 0.25) is 16.8 Å². The van der Waals surface area contributed by atoms with Gasteiger partial charge in [-0.15, -0.1) is 0 Å². The molecule has 1 aromatic heterocycles. The number of nitrogens with two attached hydrogens (primary N) is 1. The summed E-state index contributed by atoms with van der Waals surface area (Å²) >= 11 is 1.23. The maximum Gasteiger partial charge on any atom is 0.252 e. The molecule has 3 aromatic rings. The molecule has 4 rings (SSSR count). The van der Waals surface area contributed by atoms with Crippen LogP contribution in [0, 0.1) is 0 Å². The summed E-state index contributed by atoms with van der Waals surface area (Å²) in [5.41, 5.74) is 1.52. The van der Waals surface area contributed by atoms with Crippen LogP contribution >= 0.6 is 11.3 Å². The Bertz CT molecular complexity index is 1310. The molecule has 0 radical (unpaired) electrons. The van der Waals surface area contributed by atoms with Gasteiger partial charge in [-0.05, 0) is 42.8 Å². The summed E-state index contributed by atoms with van der Waals surface area (Å²) in [4.78, 5) is 17.4. The van der Waals surface area contributed by atoms with E-state index in [0.717, 1.165) is 11.1 Å². The number of sulfonamides is 1. The highest BCUT2D eigenvalue weighted by atomic mass is 32.2. The van der Waals surface area contributed by atoms with Crippen LogP contribution in [0.4, 0.5) is 0 Å². The van der Waals surface area contributed by atoms with Crippen molar-refractivity contribution < 1.29 is 27.4 Å². The first kappa shape index (κ1) is 21.5. The standard InChI is InChI=1S/C20H21N3O6S2/c1-2-27-8-7-23-15-5-4-14(31(21,25)26)11-18(15)30-20(23)22-19(24)10-13-3-6-16-17(9-13)29-12-28-16/h3-6,9,11H,2,7-8,10,12H2,1H3,(H2,21,25,26). The number of carbonyl (C=O) groups excluding carboxylic acids is 1. The summed E-state index contributed by atoms with van der Waals surface area (Å²) in [6.45, 7) is 3.53. The Labute approximate surface area is 182 Å². The molecule has 1 aliphatic rings. The number of rotatable bonds is 7. The van der Waals surface area contributed by atoms with Crippen molar-refractivity contribution in [2.75, 3.05) is 20.0 Å². The molecular formula is C20H21N3O6S2. The molecule has 11 heteroatoms. The average Bonchev–Trinajstić information content (AvgIpc) is 3.31. The lowest BCUT2D eigenvalue weighted by Gasteiger charge is -2.06. The molecule has 0 saturated heterocycles. The van der Waals surface area contributed by atoms with Gasteiger partial charge in [-0.1, -0.05) is 17.4 Å². The number of carbonyl (C=O) groups is 1. The summed E-state index contributed by atoms with van der Waals surface area (Å²) in [5, 5.41) is 5.25. The van der Waals surface area contributed by atoms with Crippen molar-refractivity contribution in [1.82, 2.24) is 4.57 Å². The van der Waals surface area contributed by atoms with E-state index in [0.29, 0.717) is 40.8 Å². The second kappa shape index (κ2) is 8.79. The molecule has 0 unspecified atom stereocenters. The summed E-state index contributed by atoms with van der Waals surface area (Å²) in [5.74, 6) is 0.925. The van der Waals surface area contributed by atoms with Crippen LogP contribution in [0.2, 0.25) is 0 Å². The van der Waals surface area contributed by atoms with E-state index < -0.39 is 10.0 Å². The minimum absolute atomic E-state index is 0.0106. The summed E-state index contributed by atoms with van der Waals surface area (Å²) in [6, 6.07) is 9.93. The number of nitrogens with zero attached hydrogens (tertiary/aromatic N) is 2. The molecule has 0 aliphatic carbocycles. The number of fused-ring (bicyclic) bond motifs is 2. The van der Waals surface area contributed by atoms with Crippen molar-refractivity contribution in [3.8, 4) is 11.5 Å². The molecular weight excluding hydrogens is 442 g/mol. The number of amides is 1. The number of primary sulfonamides is 1. The van der Waals surface area contributed by atoms with Crippen molar-refractivity contribution >= 4 is 37.5 Å². The summed E-state index contributed by atoms with van der Waals surface area (Å²) < 4.78 is 42.0. The molecule has 2 N–H and O–H groups in total. The first-order valence-electron chi connectivity index (χ1n) is 9.55. The third kappa shape index (κ3) is 4.79. The third-order valence-corrected chi connectivity index (χ3v) is 6.61. The monoisotopic (exact) mass is 463 g/mol. The minimum atomic E-state index is -3.83. The predicted molar refractivity (Wildman–Crippen MR) is 115 cm³/mol. The lowest BCUT2D eigenvalue weighted by molar-refractivity contribution is -0.117. The highest BCUT2D eigenvalue weighted by Gasteiger charge is 2.16. The summed E-state index contributed by atoms with van der Waals surface area (Å²) in [7, 11) is -3.83. The molecule has 31 heavy (non-hydrogen) atoms. The highest BCUT2D eigenvalue weighted by Crippen LogP contribution is 2.32. The second-order valence-electron chi connectivity index (χ2n) is 6.78. The van der Waals surface area contributed by atoms with Crippen molar-refractivity contribution in [3.63, 3.8) is 0 Å². The first-order valence-corrected chi connectivity index (χ1v) is 11.9. The topological polar surface area (TPSA) is 122 Å². The van der Waals surface area contributed by atoms with Gasteiger partial charge < -0.3 is 18.8 Å². The van der Waals surface area contributed by atoms with Gasteiger partial charge in [0.05, 0.1) is 28.1 Å². The van der Waals surface area contributed by atoms with Crippen LogP contribution in [0.15, 0.2) is 46.3 Å². The maximum absolute atomic E-state index is 12.7. The van der Waals surface area contributed by atoms with Crippen molar-refractivity contribution in [2.45, 2.75) is 24.8 Å². The van der Waals surface area contributed by atoms with Gasteiger partial charge in [-0.2, -0.15) is 4.99 Å². The van der Waals surface area contributed by atoms with E-state index in [1.54, 1.807) is 24.3 Å². The zero-order valence-corrected chi connectivity index (χ0v) is 18.4. The molecule has 0 saturated carbocycles. The van der Waals surface area contributed by atoms with E-state index >= 15 is 0 Å². The van der Waals surface area contributed by atoms with Gasteiger partial charge in [0.1, 0.15) is 0 Å². The van der Waals surface area contributed by atoms with E-state index in [1.165, 1.54) is 23.5 Å². The van der Waals surface area contributed by atoms with E-state index in [4.69, 9.17) is 19.3 Å². The van der Waals surface area contributed by atoms with Crippen molar-refractivity contribution in [2.24, 2.45) is 10.1 Å². The summed E-state index contributed by atoms with van der Waals surface area (Å²) in [6.07, 6.45) is 0.0960. The number of hydrogen-bond donors (Lipinski definition) is 1.